The van der Waals surface area contributed by atoms with E-state index in [1.54, 1.807) is 6.07 Å². The molecule has 2 N–H and O–H groups in total. The quantitative estimate of drug-likeness (QED) is 0.514. The normalized spacial score (nSPS) is 11.6. The van der Waals surface area contributed by atoms with E-state index >= 15 is 0 Å². The standard InChI is InChI=1S/C18H17N3O5S/c1-11-6-12(2)17-13(7-11)8-14(18(22)20-17)10-19-27(25,26)16-5-3-4-15(9-16)21(23)24/h3-9,19H,10H2,1-2H3,(H,20,22). The molecule has 140 valence electrons. The highest BCUT2D eigenvalue weighted by atomic mass is 32.2. The number of hydrogen-bond donors (Lipinski definition) is 2. The molecule has 0 amide bonds. The van der Waals surface area contributed by atoms with Crippen LogP contribution in [0.2, 0.25) is 0 Å². The molecular formula is C18H17N3O5S. The fraction of sp³-hybridized carbons (Fsp3) is 0.167. The zero-order valence-corrected chi connectivity index (χ0v) is 15.5. The zero-order chi connectivity index (χ0) is 19.8. The summed E-state index contributed by atoms with van der Waals surface area (Å²) in [5.74, 6) is 0. The summed E-state index contributed by atoms with van der Waals surface area (Å²) in [4.78, 5) is 25.0. The highest BCUT2D eigenvalue weighted by Crippen LogP contribution is 2.19. The Hall–Kier alpha value is -3.04. The van der Waals surface area contributed by atoms with Crippen LogP contribution in [0.25, 0.3) is 10.9 Å². The maximum Gasteiger partial charge on any atom is 0.270 e. The Balaban J connectivity index is 1.92. The number of nitro groups is 1. The molecule has 0 bridgehead atoms. The van der Waals surface area contributed by atoms with Crippen molar-refractivity contribution < 1.29 is 13.3 Å². The van der Waals surface area contributed by atoms with Gasteiger partial charge in [0.2, 0.25) is 10.0 Å². The Morgan fingerprint density at radius 1 is 1.15 bits per heavy atom. The lowest BCUT2D eigenvalue weighted by Crippen LogP contribution is -2.27. The van der Waals surface area contributed by atoms with Crippen molar-refractivity contribution in [1.29, 1.82) is 0 Å². The van der Waals surface area contributed by atoms with E-state index < -0.39 is 20.5 Å². The summed E-state index contributed by atoms with van der Waals surface area (Å²) in [5.41, 5.74) is 2.18. The molecule has 27 heavy (non-hydrogen) atoms. The van der Waals surface area contributed by atoms with E-state index in [0.717, 1.165) is 22.6 Å². The summed E-state index contributed by atoms with van der Waals surface area (Å²) < 4.78 is 27.2. The van der Waals surface area contributed by atoms with Gasteiger partial charge in [-0.1, -0.05) is 17.7 Å². The van der Waals surface area contributed by atoms with Gasteiger partial charge in [-0.3, -0.25) is 14.9 Å². The van der Waals surface area contributed by atoms with Crippen molar-refractivity contribution >= 4 is 26.6 Å². The van der Waals surface area contributed by atoms with Crippen LogP contribution >= 0.6 is 0 Å². The Morgan fingerprint density at radius 3 is 2.59 bits per heavy atom. The van der Waals surface area contributed by atoms with Crippen LogP contribution in [0, 0.1) is 24.0 Å². The van der Waals surface area contributed by atoms with Crippen LogP contribution < -0.4 is 10.3 Å². The van der Waals surface area contributed by atoms with Crippen LogP contribution in [0.3, 0.4) is 0 Å². The fourth-order valence-corrected chi connectivity index (χ4v) is 3.93. The number of H-pyrrole nitrogens is 1. The average Bonchev–Trinajstić information content (AvgIpc) is 2.61. The van der Waals surface area contributed by atoms with Gasteiger partial charge in [0.15, 0.2) is 0 Å². The number of non-ortho nitro benzene ring substituents is 1. The van der Waals surface area contributed by atoms with E-state index in [-0.39, 0.29) is 22.7 Å². The van der Waals surface area contributed by atoms with Crippen molar-refractivity contribution in [2.24, 2.45) is 0 Å². The first kappa shape index (κ1) is 18.7. The number of aryl methyl sites for hydroxylation is 2. The van der Waals surface area contributed by atoms with E-state index in [4.69, 9.17) is 0 Å². The minimum Gasteiger partial charge on any atom is -0.321 e. The minimum atomic E-state index is -4.01. The topological polar surface area (TPSA) is 122 Å². The fourth-order valence-electron chi connectivity index (χ4n) is 2.88. The van der Waals surface area contributed by atoms with Crippen LogP contribution in [0.1, 0.15) is 16.7 Å². The number of nitrogens with one attached hydrogen (secondary N) is 2. The van der Waals surface area contributed by atoms with Gasteiger partial charge >= 0.3 is 0 Å². The van der Waals surface area contributed by atoms with Crippen molar-refractivity contribution in [2.45, 2.75) is 25.3 Å². The summed E-state index contributed by atoms with van der Waals surface area (Å²) in [6, 6.07) is 10.2. The third-order valence-electron chi connectivity index (χ3n) is 4.16. The van der Waals surface area contributed by atoms with E-state index in [2.05, 4.69) is 9.71 Å². The molecule has 8 nitrogen and oxygen atoms in total. The molecule has 0 aliphatic heterocycles. The maximum absolute atomic E-state index is 12.4. The third-order valence-corrected chi connectivity index (χ3v) is 5.56. The first-order chi connectivity index (χ1) is 12.7. The van der Waals surface area contributed by atoms with Gasteiger partial charge in [-0.15, -0.1) is 0 Å². The average molecular weight is 387 g/mol. The number of hydrogen-bond acceptors (Lipinski definition) is 5. The van der Waals surface area contributed by atoms with Crippen LogP contribution in [-0.4, -0.2) is 18.3 Å². The van der Waals surface area contributed by atoms with E-state index in [1.807, 2.05) is 26.0 Å². The van der Waals surface area contributed by atoms with Gasteiger partial charge in [0.25, 0.3) is 11.2 Å². The molecular weight excluding hydrogens is 370 g/mol. The molecule has 2 aromatic carbocycles. The largest absolute Gasteiger partial charge is 0.321 e. The molecule has 0 spiro atoms. The van der Waals surface area contributed by atoms with Gasteiger partial charge in [-0.2, -0.15) is 0 Å². The number of rotatable bonds is 5. The number of pyridine rings is 1. The molecule has 0 saturated heterocycles. The van der Waals surface area contributed by atoms with Crippen LogP contribution in [0.5, 0.6) is 0 Å². The van der Waals surface area contributed by atoms with E-state index in [9.17, 15) is 23.3 Å². The van der Waals surface area contributed by atoms with Gasteiger partial charge in [0.05, 0.1) is 15.3 Å². The number of fused-ring (bicyclic) bond motifs is 1. The lowest BCUT2D eigenvalue weighted by molar-refractivity contribution is -0.385. The molecule has 1 aromatic heterocycles. The number of nitro benzene ring substituents is 1. The molecule has 3 aromatic rings. The summed E-state index contributed by atoms with van der Waals surface area (Å²) in [6.07, 6.45) is 0. The predicted molar refractivity (Wildman–Crippen MR) is 101 cm³/mol. The molecule has 0 atom stereocenters. The first-order valence-corrected chi connectivity index (χ1v) is 9.53. The van der Waals surface area contributed by atoms with Gasteiger partial charge in [0, 0.05) is 24.2 Å². The second kappa shape index (κ2) is 6.93. The molecule has 1 heterocycles. The van der Waals surface area contributed by atoms with Gasteiger partial charge in [-0.25, -0.2) is 13.1 Å². The smallest absolute Gasteiger partial charge is 0.270 e. The summed E-state index contributed by atoms with van der Waals surface area (Å²) in [6.45, 7) is 3.58. The molecule has 0 radical (unpaired) electrons. The molecule has 9 heteroatoms. The highest BCUT2D eigenvalue weighted by molar-refractivity contribution is 7.89. The number of aromatic nitrogens is 1. The van der Waals surface area contributed by atoms with Crippen molar-refractivity contribution in [3.05, 3.63) is 79.6 Å². The maximum atomic E-state index is 12.4. The van der Waals surface area contributed by atoms with Gasteiger partial charge < -0.3 is 4.98 Å². The number of benzene rings is 2. The van der Waals surface area contributed by atoms with E-state index in [1.165, 1.54) is 18.2 Å². The summed E-state index contributed by atoms with van der Waals surface area (Å²) >= 11 is 0. The lowest BCUT2D eigenvalue weighted by atomic mass is 10.1. The predicted octanol–water partition coefficient (Wildman–Crippen LogP) is 2.53. The van der Waals surface area contributed by atoms with Crippen molar-refractivity contribution in [1.82, 2.24) is 9.71 Å². The van der Waals surface area contributed by atoms with Crippen molar-refractivity contribution in [3.8, 4) is 0 Å². The van der Waals surface area contributed by atoms with Crippen LogP contribution in [-0.2, 0) is 16.6 Å². The van der Waals surface area contributed by atoms with Crippen LogP contribution in [0.15, 0.2) is 52.2 Å². The molecule has 0 saturated carbocycles. The monoisotopic (exact) mass is 387 g/mol. The molecule has 3 rings (SSSR count). The Bertz CT molecular complexity index is 1220. The number of sulfonamides is 1. The molecule has 0 unspecified atom stereocenters. The summed E-state index contributed by atoms with van der Waals surface area (Å²) in [5, 5.41) is 11.6. The number of nitrogens with zero attached hydrogens (tertiary/aromatic N) is 1. The van der Waals surface area contributed by atoms with Gasteiger partial charge in [0.1, 0.15) is 0 Å². The summed E-state index contributed by atoms with van der Waals surface area (Å²) in [7, 11) is -4.01. The number of aromatic amines is 1. The minimum absolute atomic E-state index is 0.233. The van der Waals surface area contributed by atoms with Crippen molar-refractivity contribution in [3.63, 3.8) is 0 Å². The van der Waals surface area contributed by atoms with Crippen LogP contribution in [0.4, 0.5) is 5.69 Å². The SMILES string of the molecule is Cc1cc(C)c2[nH]c(=O)c(CNS(=O)(=O)c3cccc([N+](=O)[O-])c3)cc2c1. The second-order valence-electron chi connectivity index (χ2n) is 6.25. The molecule has 0 fully saturated rings. The molecule has 0 aliphatic carbocycles. The highest BCUT2D eigenvalue weighted by Gasteiger charge is 2.18. The molecule has 0 aliphatic rings. The Morgan fingerprint density at radius 2 is 1.89 bits per heavy atom. The zero-order valence-electron chi connectivity index (χ0n) is 14.6. The Kier molecular flexibility index (Phi) is 4.81. The third kappa shape index (κ3) is 3.88. The second-order valence-corrected chi connectivity index (χ2v) is 8.02. The van der Waals surface area contributed by atoms with E-state index in [0.29, 0.717) is 5.52 Å². The first-order valence-electron chi connectivity index (χ1n) is 8.04. The van der Waals surface area contributed by atoms with Gasteiger partial charge in [-0.05, 0) is 43.0 Å². The lowest BCUT2D eigenvalue weighted by Gasteiger charge is -2.09. The van der Waals surface area contributed by atoms with Crippen molar-refractivity contribution in [2.75, 3.05) is 0 Å². The Labute approximate surface area is 155 Å².